The third-order valence-electron chi connectivity index (χ3n) is 5.18. The van der Waals surface area contributed by atoms with Gasteiger partial charge in [0, 0.05) is 45.0 Å². The highest BCUT2D eigenvalue weighted by Crippen LogP contribution is 2.21. The van der Waals surface area contributed by atoms with Crippen molar-refractivity contribution < 1.29 is 4.79 Å². The lowest BCUT2D eigenvalue weighted by molar-refractivity contribution is -0.132. The van der Waals surface area contributed by atoms with Gasteiger partial charge >= 0.3 is 0 Å². The molecule has 0 unspecified atom stereocenters. The summed E-state index contributed by atoms with van der Waals surface area (Å²) in [6.45, 7) is 6.56. The number of amides is 1. The number of hydrogen-bond acceptors (Lipinski definition) is 2. The molecule has 122 valence electrons. The molecule has 0 aliphatic carbocycles. The van der Waals surface area contributed by atoms with E-state index in [0.29, 0.717) is 12.3 Å². The van der Waals surface area contributed by atoms with Gasteiger partial charge in [0.1, 0.15) is 0 Å². The number of likely N-dealkylation sites (tertiary alicyclic amines) is 2. The molecule has 0 radical (unpaired) electrons. The molecule has 1 amide bonds. The lowest BCUT2D eigenvalue weighted by Gasteiger charge is -2.36. The van der Waals surface area contributed by atoms with E-state index in [-0.39, 0.29) is 0 Å². The van der Waals surface area contributed by atoms with E-state index in [1.807, 2.05) is 24.5 Å². The fraction of sp³-hybridized carbons (Fsp3) is 0.722. The first-order chi connectivity index (χ1) is 10.8. The van der Waals surface area contributed by atoms with Crippen LogP contribution in [0, 0.1) is 5.92 Å². The van der Waals surface area contributed by atoms with Crippen LogP contribution in [0.3, 0.4) is 0 Å². The molecule has 2 saturated heterocycles. The van der Waals surface area contributed by atoms with Crippen molar-refractivity contribution in [2.24, 2.45) is 5.92 Å². The van der Waals surface area contributed by atoms with Gasteiger partial charge in [0.2, 0.25) is 5.91 Å². The van der Waals surface area contributed by atoms with Gasteiger partial charge in [-0.05, 0) is 56.8 Å². The van der Waals surface area contributed by atoms with E-state index >= 15 is 0 Å². The van der Waals surface area contributed by atoms with Gasteiger partial charge < -0.3 is 14.4 Å². The van der Waals surface area contributed by atoms with Crippen molar-refractivity contribution in [2.75, 3.05) is 32.7 Å². The fourth-order valence-electron chi connectivity index (χ4n) is 3.77. The van der Waals surface area contributed by atoms with Gasteiger partial charge in [-0.1, -0.05) is 6.42 Å². The highest BCUT2D eigenvalue weighted by molar-refractivity contribution is 5.76. The fourth-order valence-corrected chi connectivity index (χ4v) is 3.77. The standard InChI is InChI=1S/C18H29N3O/c22-18(8-13-19-9-4-5-10-19)21-14-6-17(7-15-21)16-20-11-2-1-3-12-20/h4-5,9-10,17H,1-3,6-8,11-16H2. The molecule has 1 aromatic heterocycles. The third-order valence-corrected chi connectivity index (χ3v) is 5.18. The van der Waals surface area contributed by atoms with Gasteiger partial charge in [-0.15, -0.1) is 0 Å². The lowest BCUT2D eigenvalue weighted by atomic mass is 9.95. The Kier molecular flexibility index (Phi) is 5.54. The summed E-state index contributed by atoms with van der Waals surface area (Å²) in [5.41, 5.74) is 0. The topological polar surface area (TPSA) is 28.5 Å². The molecule has 1 aromatic rings. The van der Waals surface area contributed by atoms with Crippen molar-refractivity contribution in [3.63, 3.8) is 0 Å². The molecule has 3 rings (SSSR count). The largest absolute Gasteiger partial charge is 0.354 e. The Balaban J connectivity index is 1.36. The maximum atomic E-state index is 12.3. The quantitative estimate of drug-likeness (QED) is 0.836. The van der Waals surface area contributed by atoms with E-state index in [9.17, 15) is 4.79 Å². The van der Waals surface area contributed by atoms with Gasteiger partial charge in [0.25, 0.3) is 0 Å². The monoisotopic (exact) mass is 303 g/mol. The molecule has 4 nitrogen and oxygen atoms in total. The van der Waals surface area contributed by atoms with Crippen LogP contribution in [0.25, 0.3) is 0 Å². The number of nitrogens with zero attached hydrogens (tertiary/aromatic N) is 3. The van der Waals surface area contributed by atoms with Crippen LogP contribution in [0.15, 0.2) is 24.5 Å². The number of aromatic nitrogens is 1. The number of piperidine rings is 2. The van der Waals surface area contributed by atoms with Crippen molar-refractivity contribution in [3.8, 4) is 0 Å². The van der Waals surface area contributed by atoms with Crippen LogP contribution in [-0.2, 0) is 11.3 Å². The Labute approximate surface area is 134 Å². The van der Waals surface area contributed by atoms with Crippen LogP contribution in [0.1, 0.15) is 38.5 Å². The van der Waals surface area contributed by atoms with Gasteiger partial charge in [-0.3, -0.25) is 4.79 Å². The van der Waals surface area contributed by atoms with Crippen LogP contribution < -0.4 is 0 Å². The van der Waals surface area contributed by atoms with Crippen LogP contribution in [0.4, 0.5) is 0 Å². The molecular weight excluding hydrogens is 274 g/mol. The van der Waals surface area contributed by atoms with Gasteiger partial charge in [0.15, 0.2) is 0 Å². The van der Waals surface area contributed by atoms with Gasteiger partial charge in [-0.25, -0.2) is 0 Å². The van der Waals surface area contributed by atoms with Crippen LogP contribution in [0.2, 0.25) is 0 Å². The predicted molar refractivity (Wildman–Crippen MR) is 88.6 cm³/mol. The molecular formula is C18H29N3O. The highest BCUT2D eigenvalue weighted by Gasteiger charge is 2.24. The maximum absolute atomic E-state index is 12.3. The van der Waals surface area contributed by atoms with Crippen molar-refractivity contribution >= 4 is 5.91 Å². The summed E-state index contributed by atoms with van der Waals surface area (Å²) in [6, 6.07) is 4.02. The lowest BCUT2D eigenvalue weighted by Crippen LogP contribution is -2.42. The summed E-state index contributed by atoms with van der Waals surface area (Å²) in [5.74, 6) is 1.12. The first-order valence-corrected chi connectivity index (χ1v) is 8.92. The zero-order chi connectivity index (χ0) is 15.2. The number of carbonyl (C=O) groups is 1. The van der Waals surface area contributed by atoms with E-state index in [2.05, 4.69) is 14.4 Å². The Morgan fingerprint density at radius 3 is 2.32 bits per heavy atom. The average molecular weight is 303 g/mol. The number of aryl methyl sites for hydroxylation is 1. The van der Waals surface area contributed by atoms with Gasteiger partial charge in [0.05, 0.1) is 0 Å². The van der Waals surface area contributed by atoms with Gasteiger partial charge in [-0.2, -0.15) is 0 Å². The Hall–Kier alpha value is -1.29. The van der Waals surface area contributed by atoms with Crippen LogP contribution in [-0.4, -0.2) is 53.0 Å². The third kappa shape index (κ3) is 4.35. The van der Waals surface area contributed by atoms with Crippen molar-refractivity contribution in [3.05, 3.63) is 24.5 Å². The molecule has 0 atom stereocenters. The second-order valence-electron chi connectivity index (χ2n) is 6.86. The summed E-state index contributed by atoms with van der Waals surface area (Å²) in [7, 11) is 0. The van der Waals surface area contributed by atoms with Crippen molar-refractivity contribution in [2.45, 2.75) is 45.1 Å². The molecule has 0 N–H and O–H groups in total. The minimum absolute atomic E-state index is 0.324. The maximum Gasteiger partial charge on any atom is 0.224 e. The average Bonchev–Trinajstić information content (AvgIpc) is 3.08. The molecule has 2 fully saturated rings. The molecule has 0 aromatic carbocycles. The predicted octanol–water partition coefficient (Wildman–Crippen LogP) is 2.60. The number of carbonyl (C=O) groups excluding carboxylic acids is 1. The molecule has 3 heterocycles. The van der Waals surface area contributed by atoms with E-state index < -0.39 is 0 Å². The molecule has 22 heavy (non-hydrogen) atoms. The van der Waals surface area contributed by atoms with E-state index in [1.54, 1.807) is 0 Å². The van der Waals surface area contributed by atoms with Crippen LogP contribution >= 0.6 is 0 Å². The molecule has 2 aliphatic heterocycles. The van der Waals surface area contributed by atoms with E-state index in [0.717, 1.165) is 25.6 Å². The summed E-state index contributed by atoms with van der Waals surface area (Å²) in [5, 5.41) is 0. The molecule has 0 spiro atoms. The van der Waals surface area contributed by atoms with E-state index in [1.165, 1.54) is 51.7 Å². The van der Waals surface area contributed by atoms with E-state index in [4.69, 9.17) is 0 Å². The Bertz CT molecular complexity index is 443. The second kappa shape index (κ2) is 7.82. The number of hydrogen-bond donors (Lipinski definition) is 0. The normalized spacial score (nSPS) is 21.2. The Morgan fingerprint density at radius 1 is 0.955 bits per heavy atom. The first-order valence-electron chi connectivity index (χ1n) is 8.92. The minimum atomic E-state index is 0.324. The number of rotatable bonds is 5. The van der Waals surface area contributed by atoms with Crippen LogP contribution in [0.5, 0.6) is 0 Å². The minimum Gasteiger partial charge on any atom is -0.354 e. The Morgan fingerprint density at radius 2 is 1.64 bits per heavy atom. The summed E-state index contributed by atoms with van der Waals surface area (Å²) < 4.78 is 2.08. The summed E-state index contributed by atoms with van der Waals surface area (Å²) >= 11 is 0. The zero-order valence-corrected chi connectivity index (χ0v) is 13.6. The summed E-state index contributed by atoms with van der Waals surface area (Å²) in [6.07, 6.45) is 11.2. The first kappa shape index (κ1) is 15.6. The zero-order valence-electron chi connectivity index (χ0n) is 13.6. The SMILES string of the molecule is O=C(CCn1cccc1)N1CCC(CN2CCCCC2)CC1. The van der Waals surface area contributed by atoms with Crippen molar-refractivity contribution in [1.82, 2.24) is 14.4 Å². The molecule has 4 heteroatoms. The highest BCUT2D eigenvalue weighted by atomic mass is 16.2. The molecule has 2 aliphatic rings. The van der Waals surface area contributed by atoms with Crippen molar-refractivity contribution in [1.29, 1.82) is 0 Å². The molecule has 0 saturated carbocycles. The summed E-state index contributed by atoms with van der Waals surface area (Å²) in [4.78, 5) is 17.0. The second-order valence-corrected chi connectivity index (χ2v) is 6.86. The molecule has 0 bridgehead atoms. The smallest absolute Gasteiger partial charge is 0.224 e.